The average molecular weight is 366 g/mol. The third-order valence-electron chi connectivity index (χ3n) is 3.23. The Bertz CT molecular complexity index is 651. The van der Waals surface area contributed by atoms with E-state index in [1.54, 1.807) is 25.4 Å². The Balaban J connectivity index is 1.99. The fraction of sp³-hybridized carbons (Fsp3) is 0.250. The second kappa shape index (κ2) is 7.35. The Hall–Kier alpha value is -1.95. The third-order valence-corrected chi connectivity index (χ3v) is 3.73. The molecule has 1 N–H and O–H groups in total. The number of hydrogen-bond donors (Lipinski definition) is 1. The molecule has 0 radical (unpaired) electrons. The zero-order valence-electron chi connectivity index (χ0n) is 12.4. The summed E-state index contributed by atoms with van der Waals surface area (Å²) in [6.07, 6.45) is 1.68. The molecule has 4 nitrogen and oxygen atoms in total. The first-order chi connectivity index (χ1) is 10.5. The molecule has 0 spiro atoms. The van der Waals surface area contributed by atoms with E-state index in [0.29, 0.717) is 5.56 Å². The molecule has 0 saturated carbocycles. The lowest BCUT2D eigenvalue weighted by molar-refractivity contribution is 0.203. The Morgan fingerprint density at radius 2 is 2.18 bits per heavy atom. The van der Waals surface area contributed by atoms with Crippen LogP contribution in [0.15, 0.2) is 47.1 Å². The number of pyridine rings is 1. The Kier molecular flexibility index (Phi) is 5.49. The molecule has 1 aromatic carbocycles. The molecular weight excluding hydrogens is 349 g/mol. The number of nitrogens with zero attached hydrogens (tertiary/aromatic N) is 2. The highest BCUT2D eigenvalue weighted by Crippen LogP contribution is 2.17. The van der Waals surface area contributed by atoms with Gasteiger partial charge in [0.1, 0.15) is 5.82 Å². The number of hydrogen-bond acceptors (Lipinski definition) is 2. The van der Waals surface area contributed by atoms with Crippen LogP contribution in [0.2, 0.25) is 0 Å². The van der Waals surface area contributed by atoms with Crippen LogP contribution < -0.4 is 5.32 Å². The summed E-state index contributed by atoms with van der Waals surface area (Å²) in [4.78, 5) is 17.8. The minimum Gasteiger partial charge on any atom is -0.330 e. The topological polar surface area (TPSA) is 45.2 Å². The number of rotatable bonds is 4. The van der Waals surface area contributed by atoms with Crippen LogP contribution >= 0.6 is 15.9 Å². The molecule has 22 heavy (non-hydrogen) atoms. The van der Waals surface area contributed by atoms with Crippen LogP contribution in [0.25, 0.3) is 0 Å². The summed E-state index contributed by atoms with van der Waals surface area (Å²) >= 11 is 3.30. The highest BCUT2D eigenvalue weighted by atomic mass is 79.9. The van der Waals surface area contributed by atoms with E-state index in [0.717, 1.165) is 10.2 Å². The predicted octanol–water partition coefficient (Wildman–Crippen LogP) is 3.89. The van der Waals surface area contributed by atoms with Crippen molar-refractivity contribution >= 4 is 22.0 Å². The van der Waals surface area contributed by atoms with E-state index in [4.69, 9.17) is 0 Å². The van der Waals surface area contributed by atoms with Crippen molar-refractivity contribution < 1.29 is 9.18 Å². The number of nitrogens with one attached hydrogen (secondary N) is 1. The van der Waals surface area contributed by atoms with E-state index < -0.39 is 0 Å². The van der Waals surface area contributed by atoms with Gasteiger partial charge in [-0.1, -0.05) is 22.0 Å². The number of amides is 2. The summed E-state index contributed by atoms with van der Waals surface area (Å²) in [5.41, 5.74) is 1.23. The number of carbonyl (C=O) groups is 1. The molecular formula is C16H17BrFN3O. The van der Waals surface area contributed by atoms with E-state index in [9.17, 15) is 9.18 Å². The molecule has 6 heteroatoms. The van der Waals surface area contributed by atoms with Gasteiger partial charge in [0, 0.05) is 29.8 Å². The van der Waals surface area contributed by atoms with Gasteiger partial charge in [-0.3, -0.25) is 4.98 Å². The molecule has 0 aliphatic carbocycles. The van der Waals surface area contributed by atoms with Gasteiger partial charge in [-0.15, -0.1) is 0 Å². The van der Waals surface area contributed by atoms with Crippen molar-refractivity contribution in [1.82, 2.24) is 15.2 Å². The van der Waals surface area contributed by atoms with Gasteiger partial charge in [0.15, 0.2) is 0 Å². The highest BCUT2D eigenvalue weighted by Gasteiger charge is 2.15. The van der Waals surface area contributed by atoms with Crippen molar-refractivity contribution in [2.75, 3.05) is 7.05 Å². The number of aromatic nitrogens is 1. The summed E-state index contributed by atoms with van der Waals surface area (Å²) in [5.74, 6) is -0.333. The fourth-order valence-electron chi connectivity index (χ4n) is 1.99. The van der Waals surface area contributed by atoms with Gasteiger partial charge in [0.2, 0.25) is 0 Å². The summed E-state index contributed by atoms with van der Waals surface area (Å²) in [5, 5.41) is 2.84. The number of benzene rings is 1. The maximum absolute atomic E-state index is 13.7. The van der Waals surface area contributed by atoms with E-state index in [1.807, 2.05) is 25.1 Å². The van der Waals surface area contributed by atoms with E-state index in [2.05, 4.69) is 26.2 Å². The zero-order valence-corrected chi connectivity index (χ0v) is 14.0. The van der Waals surface area contributed by atoms with E-state index >= 15 is 0 Å². The average Bonchev–Trinajstić information content (AvgIpc) is 2.51. The standard InChI is InChI=1S/C16H17BrFN3O/c1-11(15-5-3-4-8-19-15)20-16(22)21(2)10-12-9-13(17)6-7-14(12)18/h3-9,11H,10H2,1-2H3,(H,20,22)/t11-/m0/s1. The van der Waals surface area contributed by atoms with Gasteiger partial charge in [0.25, 0.3) is 0 Å². The lowest BCUT2D eigenvalue weighted by Crippen LogP contribution is -2.38. The molecule has 1 heterocycles. The van der Waals surface area contributed by atoms with Crippen molar-refractivity contribution in [3.8, 4) is 0 Å². The normalized spacial score (nSPS) is 11.8. The summed E-state index contributed by atoms with van der Waals surface area (Å²) < 4.78 is 14.5. The Labute approximate surface area is 137 Å². The minimum absolute atomic E-state index is 0.187. The van der Waals surface area contributed by atoms with Gasteiger partial charge in [-0.25, -0.2) is 9.18 Å². The second-order valence-electron chi connectivity index (χ2n) is 5.02. The number of halogens is 2. The predicted molar refractivity (Wildman–Crippen MR) is 86.8 cm³/mol. The second-order valence-corrected chi connectivity index (χ2v) is 5.93. The largest absolute Gasteiger partial charge is 0.330 e. The molecule has 2 amide bonds. The molecule has 2 rings (SSSR count). The van der Waals surface area contributed by atoms with Crippen LogP contribution in [0.3, 0.4) is 0 Å². The van der Waals surface area contributed by atoms with Crippen LogP contribution in [0.5, 0.6) is 0 Å². The van der Waals surface area contributed by atoms with Crippen LogP contribution in [0, 0.1) is 5.82 Å². The van der Waals surface area contributed by atoms with Gasteiger partial charge in [-0.2, -0.15) is 0 Å². The first-order valence-electron chi connectivity index (χ1n) is 6.84. The zero-order chi connectivity index (χ0) is 16.1. The van der Waals surface area contributed by atoms with Gasteiger partial charge in [0.05, 0.1) is 11.7 Å². The van der Waals surface area contributed by atoms with E-state index in [1.165, 1.54) is 11.0 Å². The van der Waals surface area contributed by atoms with Gasteiger partial charge >= 0.3 is 6.03 Å². The lowest BCUT2D eigenvalue weighted by Gasteiger charge is -2.21. The van der Waals surface area contributed by atoms with Crippen molar-refractivity contribution in [3.63, 3.8) is 0 Å². The molecule has 2 aromatic rings. The molecule has 1 atom stereocenters. The molecule has 0 bridgehead atoms. The van der Waals surface area contributed by atoms with Crippen molar-refractivity contribution in [3.05, 3.63) is 64.1 Å². The Morgan fingerprint density at radius 3 is 2.86 bits per heavy atom. The quantitative estimate of drug-likeness (QED) is 0.893. The summed E-state index contributed by atoms with van der Waals surface area (Å²) in [6, 6.07) is 9.71. The van der Waals surface area contributed by atoms with E-state index in [-0.39, 0.29) is 24.4 Å². The molecule has 0 fully saturated rings. The SMILES string of the molecule is C[C@H](NC(=O)N(C)Cc1cc(Br)ccc1F)c1ccccn1. The fourth-order valence-corrected chi connectivity index (χ4v) is 2.40. The molecule has 0 saturated heterocycles. The molecule has 0 aliphatic heterocycles. The van der Waals surface area contributed by atoms with Crippen LogP contribution in [-0.4, -0.2) is 23.0 Å². The smallest absolute Gasteiger partial charge is 0.317 e. The molecule has 116 valence electrons. The minimum atomic E-state index is -0.333. The highest BCUT2D eigenvalue weighted by molar-refractivity contribution is 9.10. The summed E-state index contributed by atoms with van der Waals surface area (Å²) in [7, 11) is 1.63. The first kappa shape index (κ1) is 16.4. The summed E-state index contributed by atoms with van der Waals surface area (Å²) in [6.45, 7) is 2.04. The lowest BCUT2D eigenvalue weighted by atomic mass is 10.2. The first-order valence-corrected chi connectivity index (χ1v) is 7.63. The number of carbonyl (C=O) groups excluding carboxylic acids is 1. The van der Waals surface area contributed by atoms with Gasteiger partial charge in [-0.05, 0) is 37.3 Å². The maximum Gasteiger partial charge on any atom is 0.317 e. The van der Waals surface area contributed by atoms with Crippen molar-refractivity contribution in [2.45, 2.75) is 19.5 Å². The van der Waals surface area contributed by atoms with Crippen molar-refractivity contribution in [1.29, 1.82) is 0 Å². The Morgan fingerprint density at radius 1 is 1.41 bits per heavy atom. The van der Waals surface area contributed by atoms with Crippen LogP contribution in [-0.2, 0) is 6.54 Å². The van der Waals surface area contributed by atoms with Gasteiger partial charge < -0.3 is 10.2 Å². The molecule has 1 aromatic heterocycles. The molecule has 0 unspecified atom stereocenters. The maximum atomic E-state index is 13.7. The molecule has 0 aliphatic rings. The number of urea groups is 1. The monoisotopic (exact) mass is 365 g/mol. The third kappa shape index (κ3) is 4.27. The van der Waals surface area contributed by atoms with Crippen LogP contribution in [0.4, 0.5) is 9.18 Å². The van der Waals surface area contributed by atoms with Crippen molar-refractivity contribution in [2.24, 2.45) is 0 Å². The van der Waals surface area contributed by atoms with Crippen LogP contribution in [0.1, 0.15) is 24.2 Å².